The van der Waals surface area contributed by atoms with E-state index in [4.69, 9.17) is 22.6 Å². The first-order valence-corrected chi connectivity index (χ1v) is 5.16. The van der Waals surface area contributed by atoms with Gasteiger partial charge in [0, 0.05) is 6.08 Å². The molecule has 90 valence electrons. The Balaban J connectivity index is 0. The van der Waals surface area contributed by atoms with Crippen molar-refractivity contribution in [2.75, 3.05) is 27.7 Å². The predicted molar refractivity (Wildman–Crippen MR) is 52.0 cm³/mol. The van der Waals surface area contributed by atoms with E-state index < -0.39 is 16.4 Å². The van der Waals surface area contributed by atoms with E-state index in [-0.39, 0.29) is 0 Å². The van der Waals surface area contributed by atoms with Gasteiger partial charge in [-0.1, -0.05) is 0 Å². The van der Waals surface area contributed by atoms with Gasteiger partial charge in [-0.2, -0.15) is 0 Å². The zero-order valence-corrected chi connectivity index (χ0v) is 9.56. The van der Waals surface area contributed by atoms with Crippen molar-refractivity contribution in [3.8, 4) is 0 Å². The highest BCUT2D eigenvalue weighted by molar-refractivity contribution is 7.79. The largest absolute Gasteiger partial charge is 0.726 e. The van der Waals surface area contributed by atoms with E-state index >= 15 is 0 Å². The smallest absolute Gasteiger partial charge is 0.328 e. The predicted octanol–water partition coefficient (Wildman–Crippen LogP) is -0.662. The van der Waals surface area contributed by atoms with E-state index in [0.29, 0.717) is 0 Å². The lowest BCUT2D eigenvalue weighted by atomic mass is 10.4. The van der Waals surface area contributed by atoms with Crippen molar-refractivity contribution in [1.29, 1.82) is 0 Å². The molecule has 0 rings (SSSR count). The summed E-state index contributed by atoms with van der Waals surface area (Å²) >= 11 is 0. The van der Waals surface area contributed by atoms with Gasteiger partial charge in [0.1, 0.15) is 0 Å². The van der Waals surface area contributed by atoms with Crippen molar-refractivity contribution in [2.45, 2.75) is 0 Å². The van der Waals surface area contributed by atoms with E-state index in [2.05, 4.69) is 0 Å². The van der Waals surface area contributed by atoms with Crippen LogP contribution in [0.5, 0.6) is 0 Å². The number of aliphatic carboxylic acids is 1. The second-order valence-electron chi connectivity index (χ2n) is 3.64. The van der Waals surface area contributed by atoms with Crippen LogP contribution in [0.25, 0.3) is 0 Å². The number of nitrogens with zero attached hydrogens (tertiary/aromatic N) is 1. The average Bonchev–Trinajstić information content (AvgIpc) is 1.77. The lowest BCUT2D eigenvalue weighted by molar-refractivity contribution is -0.864. The van der Waals surface area contributed by atoms with Gasteiger partial charge >= 0.3 is 5.97 Å². The second kappa shape index (κ2) is 6.51. The lowest BCUT2D eigenvalue weighted by Gasteiger charge is -2.21. The van der Waals surface area contributed by atoms with Crippen LogP contribution >= 0.6 is 0 Å². The summed E-state index contributed by atoms with van der Waals surface area (Å²) in [5.41, 5.74) is 0. The highest BCUT2D eigenvalue weighted by atomic mass is 32.3. The van der Waals surface area contributed by atoms with Crippen LogP contribution in [0.4, 0.5) is 0 Å². The van der Waals surface area contributed by atoms with Crippen LogP contribution in [-0.2, 0) is 15.2 Å². The van der Waals surface area contributed by atoms with Gasteiger partial charge in [-0.05, 0) is 6.08 Å². The van der Waals surface area contributed by atoms with Crippen LogP contribution in [0.3, 0.4) is 0 Å². The van der Waals surface area contributed by atoms with Gasteiger partial charge in [-0.25, -0.2) is 13.2 Å². The quantitative estimate of drug-likeness (QED) is 0.293. The van der Waals surface area contributed by atoms with Crippen LogP contribution in [0.2, 0.25) is 0 Å². The molecule has 8 heteroatoms. The Morgan fingerprint density at radius 3 is 1.93 bits per heavy atom. The first-order chi connectivity index (χ1) is 6.42. The van der Waals surface area contributed by atoms with E-state index in [9.17, 15) is 4.79 Å². The number of carboxylic acids is 1. The van der Waals surface area contributed by atoms with Gasteiger partial charge in [-0.15, -0.1) is 0 Å². The summed E-state index contributed by atoms with van der Waals surface area (Å²) in [6.07, 6.45) is 2.83. The van der Waals surface area contributed by atoms with Crippen molar-refractivity contribution in [2.24, 2.45) is 0 Å². The molecule has 0 saturated carbocycles. The summed E-state index contributed by atoms with van der Waals surface area (Å²) in [4.78, 5) is 9.99. The average molecular weight is 241 g/mol. The van der Waals surface area contributed by atoms with E-state index in [1.54, 1.807) is 6.08 Å². The van der Waals surface area contributed by atoms with Crippen LogP contribution in [0, 0.1) is 0 Å². The molecular formula is C7H15NO6S. The Labute approximate surface area is 88.8 Å². The summed E-state index contributed by atoms with van der Waals surface area (Å²) in [6, 6.07) is 0. The van der Waals surface area contributed by atoms with Crippen LogP contribution < -0.4 is 0 Å². The fraction of sp³-hybridized carbons (Fsp3) is 0.571. The number of likely N-dealkylation sites (N-methyl/N-ethyl adjacent to an activating group) is 1. The summed E-state index contributed by atoms with van der Waals surface area (Å²) in [7, 11) is 1.10. The zero-order chi connectivity index (χ0) is 12.7. The van der Waals surface area contributed by atoms with Gasteiger partial charge < -0.3 is 14.1 Å². The van der Waals surface area contributed by atoms with Gasteiger partial charge in [-0.3, -0.25) is 4.55 Å². The van der Waals surface area contributed by atoms with Gasteiger partial charge in [0.2, 0.25) is 10.4 Å². The molecule has 0 aromatic heterocycles. The standard InChI is InChI=1S/C7H13NO2.H2O4S/c1-8(2,3)6-4-5-7(9)10;1-5(2,3)4/h4-5H,6H2,1-3H3;(H2,1,2,3,4). The minimum atomic E-state index is -4.92. The third-order valence-corrected chi connectivity index (χ3v) is 0.914. The maximum Gasteiger partial charge on any atom is 0.328 e. The first-order valence-electron chi connectivity index (χ1n) is 3.80. The molecule has 0 aliphatic rings. The number of rotatable bonds is 3. The van der Waals surface area contributed by atoms with Crippen molar-refractivity contribution in [3.63, 3.8) is 0 Å². The van der Waals surface area contributed by atoms with Crippen molar-refractivity contribution in [1.82, 2.24) is 0 Å². The molecule has 0 aliphatic heterocycles. The molecule has 0 fully saturated rings. The number of quaternary nitrogens is 1. The van der Waals surface area contributed by atoms with E-state index in [1.165, 1.54) is 6.08 Å². The molecule has 0 bridgehead atoms. The molecule has 0 saturated heterocycles. The Hall–Kier alpha value is -0.960. The van der Waals surface area contributed by atoms with Crippen LogP contribution in [-0.4, -0.2) is 60.8 Å². The highest BCUT2D eigenvalue weighted by Gasteiger charge is 2.01. The number of hydrogen-bond acceptors (Lipinski definition) is 4. The molecule has 2 N–H and O–H groups in total. The lowest BCUT2D eigenvalue weighted by Crippen LogP contribution is -2.34. The summed E-state index contributed by atoms with van der Waals surface area (Å²) in [6.45, 7) is 0.742. The minimum absolute atomic E-state index is 0.742. The van der Waals surface area contributed by atoms with Crippen molar-refractivity contribution in [3.05, 3.63) is 12.2 Å². The topological polar surface area (TPSA) is 115 Å². The highest BCUT2D eigenvalue weighted by Crippen LogP contribution is 1.89. The zero-order valence-electron chi connectivity index (χ0n) is 8.74. The maximum absolute atomic E-state index is 9.99. The third-order valence-electron chi connectivity index (χ3n) is 0.914. The molecular weight excluding hydrogens is 226 g/mol. The molecule has 0 unspecified atom stereocenters. The second-order valence-corrected chi connectivity index (χ2v) is 4.50. The monoisotopic (exact) mass is 241 g/mol. The van der Waals surface area contributed by atoms with Gasteiger partial charge in [0.15, 0.2) is 0 Å². The SMILES string of the molecule is C[N+](C)(C)CC=CC(=O)O.O=S(=O)([O-])O. The Kier molecular flexibility index (Phi) is 7.15. The molecule has 0 spiro atoms. The maximum atomic E-state index is 9.99. The van der Waals surface area contributed by atoms with Gasteiger partial charge in [0.05, 0.1) is 27.7 Å². The Bertz CT molecular complexity index is 305. The normalized spacial score (nSPS) is 12.1. The van der Waals surface area contributed by atoms with Crippen LogP contribution in [0.1, 0.15) is 0 Å². The molecule has 7 nitrogen and oxygen atoms in total. The molecule has 0 aliphatic carbocycles. The van der Waals surface area contributed by atoms with Gasteiger partial charge in [0.25, 0.3) is 0 Å². The molecule has 0 atom stereocenters. The molecule has 0 aromatic carbocycles. The van der Waals surface area contributed by atoms with E-state index in [1.807, 2.05) is 21.1 Å². The Morgan fingerprint density at radius 1 is 1.40 bits per heavy atom. The first kappa shape index (κ1) is 16.5. The number of carboxylic acid groups (broad SMARTS) is 1. The number of carbonyl (C=O) groups is 1. The fourth-order valence-corrected chi connectivity index (χ4v) is 0.470. The molecule has 15 heavy (non-hydrogen) atoms. The van der Waals surface area contributed by atoms with Crippen molar-refractivity contribution >= 4 is 16.4 Å². The Morgan fingerprint density at radius 2 is 1.73 bits per heavy atom. The van der Waals surface area contributed by atoms with E-state index in [0.717, 1.165) is 11.0 Å². The number of hydrogen-bond donors (Lipinski definition) is 2. The molecule has 0 radical (unpaired) electrons. The fourth-order valence-electron chi connectivity index (χ4n) is 0.470. The molecule has 0 heterocycles. The summed E-state index contributed by atoms with van der Waals surface area (Å²) < 4.78 is 33.6. The third kappa shape index (κ3) is 43.6. The van der Waals surface area contributed by atoms with Crippen LogP contribution in [0.15, 0.2) is 12.2 Å². The molecule has 0 amide bonds. The molecule has 0 aromatic rings. The minimum Gasteiger partial charge on any atom is -0.726 e. The summed E-state index contributed by atoms with van der Waals surface area (Å²) in [5.74, 6) is -0.881. The summed E-state index contributed by atoms with van der Waals surface area (Å²) in [5, 5.41) is 8.22. The van der Waals surface area contributed by atoms with Crippen molar-refractivity contribution < 1.29 is 31.9 Å².